The SMILES string of the molecule is CCCCCc1ccc([C@H]2CC[C@H](/C=C/C#Cc3ccc(OC(F)F)cc3)CC2)cc1. The number of ether oxygens (including phenoxy) is 1. The highest BCUT2D eigenvalue weighted by molar-refractivity contribution is 5.40. The van der Waals surface area contributed by atoms with Crippen molar-refractivity contribution in [3.8, 4) is 17.6 Å². The van der Waals surface area contributed by atoms with Crippen LogP contribution in [0.5, 0.6) is 5.75 Å². The minimum absolute atomic E-state index is 0.152. The maximum atomic E-state index is 12.2. The van der Waals surface area contributed by atoms with Crippen molar-refractivity contribution in [2.24, 2.45) is 5.92 Å². The summed E-state index contributed by atoms with van der Waals surface area (Å²) in [6.07, 6.45) is 14.1. The highest BCUT2D eigenvalue weighted by atomic mass is 19.3. The largest absolute Gasteiger partial charge is 0.435 e. The van der Waals surface area contributed by atoms with Crippen LogP contribution in [0, 0.1) is 17.8 Å². The van der Waals surface area contributed by atoms with Crippen LogP contribution in [0.1, 0.15) is 74.5 Å². The van der Waals surface area contributed by atoms with E-state index >= 15 is 0 Å². The van der Waals surface area contributed by atoms with E-state index in [-0.39, 0.29) is 5.75 Å². The molecule has 0 atom stereocenters. The fraction of sp³-hybridized carbons (Fsp3) is 0.429. The zero-order valence-electron chi connectivity index (χ0n) is 18.3. The molecule has 1 aliphatic carbocycles. The summed E-state index contributed by atoms with van der Waals surface area (Å²) in [5.41, 5.74) is 3.73. The number of unbranched alkanes of at least 4 members (excludes halogenated alkanes) is 2. The number of halogens is 2. The predicted octanol–water partition coefficient (Wildman–Crippen LogP) is 7.90. The van der Waals surface area contributed by atoms with Gasteiger partial charge in [0.2, 0.25) is 0 Å². The quantitative estimate of drug-likeness (QED) is 0.310. The number of hydrogen-bond acceptors (Lipinski definition) is 1. The Kier molecular flexibility index (Phi) is 9.16. The van der Waals surface area contributed by atoms with Crippen LogP contribution in [0.3, 0.4) is 0 Å². The van der Waals surface area contributed by atoms with Crippen LogP contribution in [0.4, 0.5) is 8.78 Å². The van der Waals surface area contributed by atoms with Gasteiger partial charge in [-0.1, -0.05) is 61.9 Å². The third-order valence-electron chi connectivity index (χ3n) is 6.04. The fourth-order valence-electron chi connectivity index (χ4n) is 4.21. The van der Waals surface area contributed by atoms with Crippen molar-refractivity contribution < 1.29 is 13.5 Å². The van der Waals surface area contributed by atoms with Crippen LogP contribution in [0.15, 0.2) is 60.7 Å². The summed E-state index contributed by atoms with van der Waals surface area (Å²) >= 11 is 0. The molecule has 0 amide bonds. The molecular weight excluding hydrogens is 390 g/mol. The van der Waals surface area contributed by atoms with Crippen molar-refractivity contribution in [2.75, 3.05) is 0 Å². The number of rotatable bonds is 8. The third-order valence-corrected chi connectivity index (χ3v) is 6.04. The van der Waals surface area contributed by atoms with Crippen LogP contribution >= 0.6 is 0 Å². The molecule has 0 saturated heterocycles. The minimum Gasteiger partial charge on any atom is -0.435 e. The lowest BCUT2D eigenvalue weighted by Gasteiger charge is -2.27. The average molecular weight is 423 g/mol. The Bertz CT molecular complexity index is 864. The van der Waals surface area contributed by atoms with Gasteiger partial charge in [0.15, 0.2) is 0 Å². The molecule has 0 heterocycles. The molecule has 3 heteroatoms. The molecule has 1 fully saturated rings. The van der Waals surface area contributed by atoms with E-state index in [1.807, 2.05) is 6.08 Å². The highest BCUT2D eigenvalue weighted by Crippen LogP contribution is 2.36. The Morgan fingerprint density at radius 1 is 0.968 bits per heavy atom. The number of allylic oxidation sites excluding steroid dienone is 2. The number of alkyl halides is 2. The van der Waals surface area contributed by atoms with Gasteiger partial charge in [-0.05, 0) is 91.8 Å². The van der Waals surface area contributed by atoms with E-state index in [9.17, 15) is 8.78 Å². The van der Waals surface area contributed by atoms with Crippen LogP contribution in [0.25, 0.3) is 0 Å². The summed E-state index contributed by atoms with van der Waals surface area (Å²) in [6.45, 7) is -0.555. The van der Waals surface area contributed by atoms with Crippen LogP contribution in [-0.4, -0.2) is 6.61 Å². The second kappa shape index (κ2) is 12.3. The van der Waals surface area contributed by atoms with Crippen LogP contribution < -0.4 is 4.74 Å². The van der Waals surface area contributed by atoms with Crippen molar-refractivity contribution in [3.63, 3.8) is 0 Å². The van der Waals surface area contributed by atoms with E-state index in [4.69, 9.17) is 0 Å². The molecule has 0 N–H and O–H groups in total. The molecule has 0 aromatic heterocycles. The Labute approximate surface area is 185 Å². The number of hydrogen-bond donors (Lipinski definition) is 0. The summed E-state index contributed by atoms with van der Waals surface area (Å²) in [7, 11) is 0. The monoisotopic (exact) mass is 422 g/mol. The summed E-state index contributed by atoms with van der Waals surface area (Å²) in [5, 5.41) is 0. The van der Waals surface area contributed by atoms with E-state index in [0.717, 1.165) is 5.56 Å². The first kappa shape index (κ1) is 23.1. The van der Waals surface area contributed by atoms with Crippen molar-refractivity contribution in [2.45, 2.75) is 70.8 Å². The smallest absolute Gasteiger partial charge is 0.387 e. The lowest BCUT2D eigenvalue weighted by Crippen LogP contribution is -2.11. The Balaban J connectivity index is 1.43. The van der Waals surface area contributed by atoms with E-state index in [1.165, 1.54) is 74.6 Å². The van der Waals surface area contributed by atoms with E-state index in [0.29, 0.717) is 11.8 Å². The van der Waals surface area contributed by atoms with E-state index in [1.54, 1.807) is 12.1 Å². The molecule has 0 aliphatic heterocycles. The summed E-state index contributed by atoms with van der Waals surface area (Å²) in [4.78, 5) is 0. The predicted molar refractivity (Wildman–Crippen MR) is 123 cm³/mol. The molecule has 164 valence electrons. The second-order valence-corrected chi connectivity index (χ2v) is 8.34. The van der Waals surface area contributed by atoms with Gasteiger partial charge in [-0.2, -0.15) is 8.78 Å². The van der Waals surface area contributed by atoms with Crippen molar-refractivity contribution >= 4 is 0 Å². The molecule has 1 nitrogen and oxygen atoms in total. The lowest BCUT2D eigenvalue weighted by atomic mass is 9.78. The molecule has 0 spiro atoms. The summed E-state index contributed by atoms with van der Waals surface area (Å²) < 4.78 is 28.7. The van der Waals surface area contributed by atoms with Crippen molar-refractivity contribution in [3.05, 3.63) is 77.4 Å². The summed E-state index contributed by atoms with van der Waals surface area (Å²) in [5.74, 6) is 7.51. The molecule has 31 heavy (non-hydrogen) atoms. The van der Waals surface area contributed by atoms with Crippen LogP contribution in [-0.2, 0) is 6.42 Å². The molecule has 3 rings (SSSR count). The van der Waals surface area contributed by atoms with E-state index < -0.39 is 6.61 Å². The molecule has 0 bridgehead atoms. The lowest BCUT2D eigenvalue weighted by molar-refractivity contribution is -0.0498. The van der Waals surface area contributed by atoms with E-state index in [2.05, 4.69) is 53.8 Å². The van der Waals surface area contributed by atoms with Gasteiger partial charge >= 0.3 is 6.61 Å². The first-order valence-electron chi connectivity index (χ1n) is 11.5. The Hall–Kier alpha value is -2.60. The molecule has 2 aromatic rings. The average Bonchev–Trinajstić information content (AvgIpc) is 2.79. The van der Waals surface area contributed by atoms with Crippen molar-refractivity contribution in [1.82, 2.24) is 0 Å². The first-order chi connectivity index (χ1) is 15.1. The second-order valence-electron chi connectivity index (χ2n) is 8.34. The fourth-order valence-corrected chi connectivity index (χ4v) is 4.21. The Morgan fingerprint density at radius 3 is 2.32 bits per heavy atom. The van der Waals surface area contributed by atoms with Gasteiger partial charge in [0.25, 0.3) is 0 Å². The maximum Gasteiger partial charge on any atom is 0.387 e. The highest BCUT2D eigenvalue weighted by Gasteiger charge is 2.20. The molecular formula is C28H32F2O. The zero-order valence-corrected chi connectivity index (χ0v) is 18.3. The Morgan fingerprint density at radius 2 is 1.68 bits per heavy atom. The normalized spacial score (nSPS) is 18.7. The van der Waals surface area contributed by atoms with Crippen molar-refractivity contribution in [1.29, 1.82) is 0 Å². The van der Waals surface area contributed by atoms with Gasteiger partial charge in [-0.25, -0.2) is 0 Å². The zero-order chi connectivity index (χ0) is 21.9. The molecule has 1 saturated carbocycles. The number of benzene rings is 2. The van der Waals surface area contributed by atoms with Gasteiger partial charge in [0.1, 0.15) is 5.75 Å². The first-order valence-corrected chi connectivity index (χ1v) is 11.5. The maximum absolute atomic E-state index is 12.2. The molecule has 0 radical (unpaired) electrons. The van der Waals surface area contributed by atoms with Gasteiger partial charge in [0.05, 0.1) is 0 Å². The number of aryl methyl sites for hydroxylation is 1. The van der Waals surface area contributed by atoms with Gasteiger partial charge < -0.3 is 4.74 Å². The summed E-state index contributed by atoms with van der Waals surface area (Å²) in [6, 6.07) is 15.7. The molecule has 2 aromatic carbocycles. The van der Waals surface area contributed by atoms with Gasteiger partial charge in [-0.3, -0.25) is 0 Å². The van der Waals surface area contributed by atoms with Crippen LogP contribution in [0.2, 0.25) is 0 Å². The minimum atomic E-state index is -2.80. The topological polar surface area (TPSA) is 9.23 Å². The van der Waals surface area contributed by atoms with Gasteiger partial charge in [0, 0.05) is 5.56 Å². The third kappa shape index (κ3) is 7.87. The molecule has 0 unspecified atom stereocenters. The molecule has 1 aliphatic rings. The standard InChI is InChI=1S/C28H32F2O/c1-2-3-4-7-22-10-16-25(17-11-22)26-18-12-23(13-19-26)8-5-6-9-24-14-20-27(21-15-24)31-28(29)30/h5,8,10-11,14-17,20-21,23,26,28H,2-4,7,12-13,18-19H2,1H3/b8-5+/t23-,26-. The van der Waals surface area contributed by atoms with Gasteiger partial charge in [-0.15, -0.1) is 0 Å².